The number of carbonyl (C=O) groups excluding carboxylic acids is 1. The van der Waals surface area contributed by atoms with Crippen LogP contribution < -0.4 is 5.32 Å². The zero-order chi connectivity index (χ0) is 14.8. The van der Waals surface area contributed by atoms with Gasteiger partial charge in [0.25, 0.3) is 0 Å². The van der Waals surface area contributed by atoms with E-state index in [9.17, 15) is 9.59 Å². The molecule has 0 saturated heterocycles. The molecule has 1 unspecified atom stereocenters. The maximum atomic E-state index is 12.3. The molecule has 20 heavy (non-hydrogen) atoms. The van der Waals surface area contributed by atoms with E-state index in [0.29, 0.717) is 11.3 Å². The van der Waals surface area contributed by atoms with Crippen LogP contribution in [0.25, 0.3) is 0 Å². The SMILES string of the molecule is CC(C(=O)O)c1cccc(NC(=O)C2(C)CCCC2)c1. The second kappa shape index (κ2) is 5.65. The summed E-state index contributed by atoms with van der Waals surface area (Å²) in [6, 6.07) is 7.09. The van der Waals surface area contributed by atoms with Gasteiger partial charge in [0.2, 0.25) is 5.91 Å². The van der Waals surface area contributed by atoms with Crippen molar-refractivity contribution < 1.29 is 14.7 Å². The second-order valence-electron chi connectivity index (χ2n) is 5.91. The maximum absolute atomic E-state index is 12.3. The summed E-state index contributed by atoms with van der Waals surface area (Å²) in [5.74, 6) is -1.40. The maximum Gasteiger partial charge on any atom is 0.310 e. The molecule has 0 spiro atoms. The van der Waals surface area contributed by atoms with Crippen molar-refractivity contribution in [3.05, 3.63) is 29.8 Å². The molecule has 1 amide bonds. The molecule has 2 rings (SSSR count). The summed E-state index contributed by atoms with van der Waals surface area (Å²) in [5.41, 5.74) is 1.09. The van der Waals surface area contributed by atoms with Gasteiger partial charge in [-0.05, 0) is 37.5 Å². The highest BCUT2D eigenvalue weighted by atomic mass is 16.4. The number of carbonyl (C=O) groups is 2. The van der Waals surface area contributed by atoms with Crippen LogP contribution in [0.5, 0.6) is 0 Å². The monoisotopic (exact) mass is 275 g/mol. The zero-order valence-electron chi connectivity index (χ0n) is 12.0. The lowest BCUT2D eigenvalue weighted by molar-refractivity contribution is -0.138. The summed E-state index contributed by atoms with van der Waals surface area (Å²) < 4.78 is 0. The largest absolute Gasteiger partial charge is 0.481 e. The van der Waals surface area contributed by atoms with E-state index in [-0.39, 0.29) is 11.3 Å². The van der Waals surface area contributed by atoms with Crippen LogP contribution in [0.2, 0.25) is 0 Å². The van der Waals surface area contributed by atoms with Crippen LogP contribution in [0.3, 0.4) is 0 Å². The number of benzene rings is 1. The van der Waals surface area contributed by atoms with E-state index in [0.717, 1.165) is 25.7 Å². The lowest BCUT2D eigenvalue weighted by Crippen LogP contribution is -2.30. The number of anilines is 1. The molecule has 0 radical (unpaired) electrons. The van der Waals surface area contributed by atoms with Gasteiger partial charge in [0.05, 0.1) is 5.92 Å². The average Bonchev–Trinajstić information content (AvgIpc) is 2.86. The Hall–Kier alpha value is -1.84. The van der Waals surface area contributed by atoms with Gasteiger partial charge in [-0.15, -0.1) is 0 Å². The fraction of sp³-hybridized carbons (Fsp3) is 0.500. The number of carboxylic acids is 1. The van der Waals surface area contributed by atoms with Gasteiger partial charge in [-0.1, -0.05) is 31.9 Å². The lowest BCUT2D eigenvalue weighted by atomic mass is 9.87. The van der Waals surface area contributed by atoms with Crippen LogP contribution in [0, 0.1) is 5.41 Å². The van der Waals surface area contributed by atoms with E-state index >= 15 is 0 Å². The van der Waals surface area contributed by atoms with Crippen LogP contribution in [-0.2, 0) is 9.59 Å². The number of hydrogen-bond donors (Lipinski definition) is 2. The Balaban J connectivity index is 2.12. The molecule has 4 nitrogen and oxygen atoms in total. The first-order chi connectivity index (χ1) is 9.42. The van der Waals surface area contributed by atoms with E-state index in [1.807, 2.05) is 6.92 Å². The van der Waals surface area contributed by atoms with Crippen molar-refractivity contribution >= 4 is 17.6 Å². The fourth-order valence-electron chi connectivity index (χ4n) is 2.69. The van der Waals surface area contributed by atoms with Gasteiger partial charge in [-0.2, -0.15) is 0 Å². The first-order valence-electron chi connectivity index (χ1n) is 7.07. The third kappa shape index (κ3) is 3.00. The molecule has 0 heterocycles. The predicted molar refractivity (Wildman–Crippen MR) is 77.7 cm³/mol. The molecule has 1 aliphatic carbocycles. The number of aliphatic carboxylic acids is 1. The third-order valence-electron chi connectivity index (χ3n) is 4.27. The molecule has 1 fully saturated rings. The molecule has 1 atom stereocenters. The van der Waals surface area contributed by atoms with Gasteiger partial charge in [0.1, 0.15) is 0 Å². The fourth-order valence-corrected chi connectivity index (χ4v) is 2.69. The quantitative estimate of drug-likeness (QED) is 0.885. The number of amides is 1. The molecule has 0 bridgehead atoms. The third-order valence-corrected chi connectivity index (χ3v) is 4.27. The van der Waals surface area contributed by atoms with Crippen LogP contribution in [-0.4, -0.2) is 17.0 Å². The van der Waals surface area contributed by atoms with Crippen molar-refractivity contribution in [1.29, 1.82) is 0 Å². The molecule has 0 aliphatic heterocycles. The highest BCUT2D eigenvalue weighted by Gasteiger charge is 2.36. The molecule has 1 aromatic rings. The Morgan fingerprint density at radius 2 is 1.95 bits per heavy atom. The van der Waals surface area contributed by atoms with Gasteiger partial charge in [-0.25, -0.2) is 0 Å². The predicted octanol–water partition coefficient (Wildman–Crippen LogP) is 3.39. The normalized spacial score (nSPS) is 18.5. The molecule has 1 aromatic carbocycles. The van der Waals surface area contributed by atoms with Crippen molar-refractivity contribution in [1.82, 2.24) is 0 Å². The Kier molecular flexibility index (Phi) is 4.12. The van der Waals surface area contributed by atoms with Gasteiger partial charge in [0.15, 0.2) is 0 Å². The Morgan fingerprint density at radius 3 is 2.55 bits per heavy atom. The van der Waals surface area contributed by atoms with E-state index in [1.54, 1.807) is 31.2 Å². The molecule has 1 aliphatic rings. The standard InChI is InChI=1S/C16H21NO3/c1-11(14(18)19)12-6-5-7-13(10-12)17-15(20)16(2)8-3-4-9-16/h5-7,10-11H,3-4,8-9H2,1-2H3,(H,17,20)(H,18,19). The summed E-state index contributed by atoms with van der Waals surface area (Å²) in [7, 11) is 0. The van der Waals surface area contributed by atoms with Gasteiger partial charge < -0.3 is 10.4 Å². The lowest BCUT2D eigenvalue weighted by Gasteiger charge is -2.22. The molecule has 0 aromatic heterocycles. The Bertz CT molecular complexity index is 518. The minimum atomic E-state index is -0.865. The number of carboxylic acid groups (broad SMARTS) is 1. The molecule has 4 heteroatoms. The summed E-state index contributed by atoms with van der Waals surface area (Å²) >= 11 is 0. The van der Waals surface area contributed by atoms with Crippen LogP contribution >= 0.6 is 0 Å². The van der Waals surface area contributed by atoms with E-state index in [2.05, 4.69) is 5.32 Å². The number of rotatable bonds is 4. The molecule has 1 saturated carbocycles. The van der Waals surface area contributed by atoms with Crippen molar-refractivity contribution in [3.63, 3.8) is 0 Å². The average molecular weight is 275 g/mol. The van der Waals surface area contributed by atoms with Gasteiger partial charge in [-0.3, -0.25) is 9.59 Å². The van der Waals surface area contributed by atoms with E-state index < -0.39 is 11.9 Å². The molecular formula is C16H21NO3. The van der Waals surface area contributed by atoms with Gasteiger partial charge in [0, 0.05) is 11.1 Å². The summed E-state index contributed by atoms with van der Waals surface area (Å²) in [5, 5.41) is 12.0. The highest BCUT2D eigenvalue weighted by Crippen LogP contribution is 2.38. The van der Waals surface area contributed by atoms with Crippen molar-refractivity contribution in [3.8, 4) is 0 Å². The van der Waals surface area contributed by atoms with Crippen molar-refractivity contribution in [2.24, 2.45) is 5.41 Å². The summed E-state index contributed by atoms with van der Waals surface area (Å²) in [6.07, 6.45) is 4.04. The smallest absolute Gasteiger partial charge is 0.310 e. The minimum absolute atomic E-state index is 0.0372. The van der Waals surface area contributed by atoms with E-state index in [1.165, 1.54) is 0 Å². The number of nitrogens with one attached hydrogen (secondary N) is 1. The van der Waals surface area contributed by atoms with Crippen LogP contribution in [0.4, 0.5) is 5.69 Å². The van der Waals surface area contributed by atoms with Crippen LogP contribution in [0.1, 0.15) is 51.0 Å². The first kappa shape index (κ1) is 14.6. The van der Waals surface area contributed by atoms with Crippen molar-refractivity contribution in [2.75, 3.05) is 5.32 Å². The topological polar surface area (TPSA) is 66.4 Å². The molecular weight excluding hydrogens is 254 g/mol. The second-order valence-corrected chi connectivity index (χ2v) is 5.91. The molecule has 108 valence electrons. The summed E-state index contributed by atoms with van der Waals surface area (Å²) in [4.78, 5) is 23.3. The van der Waals surface area contributed by atoms with E-state index in [4.69, 9.17) is 5.11 Å². The Morgan fingerprint density at radius 1 is 1.30 bits per heavy atom. The number of hydrogen-bond acceptors (Lipinski definition) is 2. The van der Waals surface area contributed by atoms with Crippen LogP contribution in [0.15, 0.2) is 24.3 Å². The molecule has 2 N–H and O–H groups in total. The minimum Gasteiger partial charge on any atom is -0.481 e. The highest BCUT2D eigenvalue weighted by molar-refractivity contribution is 5.95. The van der Waals surface area contributed by atoms with Crippen molar-refractivity contribution in [2.45, 2.75) is 45.4 Å². The van der Waals surface area contributed by atoms with Gasteiger partial charge >= 0.3 is 5.97 Å². The Labute approximate surface area is 119 Å². The first-order valence-corrected chi connectivity index (χ1v) is 7.07. The summed E-state index contributed by atoms with van der Waals surface area (Å²) in [6.45, 7) is 3.64. The zero-order valence-corrected chi connectivity index (χ0v) is 12.0.